The Bertz CT molecular complexity index is 960. The highest BCUT2D eigenvalue weighted by Gasteiger charge is 2.07. The second kappa shape index (κ2) is 7.62. The lowest BCUT2D eigenvalue weighted by atomic mass is 10.1. The third kappa shape index (κ3) is 3.97. The summed E-state index contributed by atoms with van der Waals surface area (Å²) in [5.74, 6) is 0. The van der Waals surface area contributed by atoms with Crippen LogP contribution in [-0.4, -0.2) is 17.4 Å². The maximum atomic E-state index is 4.75. The molecule has 25 heavy (non-hydrogen) atoms. The van der Waals surface area contributed by atoms with Crippen LogP contribution in [0.2, 0.25) is 0 Å². The van der Waals surface area contributed by atoms with Crippen LogP contribution >= 0.6 is 11.3 Å². The third-order valence-corrected chi connectivity index (χ3v) is 4.92. The Balaban J connectivity index is 2.07. The number of hydrogen-bond acceptors (Lipinski definition) is 3. The predicted octanol–water partition coefficient (Wildman–Crippen LogP) is 4.94. The van der Waals surface area contributed by atoms with Crippen LogP contribution in [0.1, 0.15) is 29.2 Å². The minimum Gasteiger partial charge on any atom is -0.258 e. The number of rotatable bonds is 4. The minimum absolute atomic E-state index is 0.743. The van der Waals surface area contributed by atoms with E-state index in [9.17, 15) is 0 Å². The lowest BCUT2D eigenvalue weighted by molar-refractivity contribution is 0.833. The fourth-order valence-corrected chi connectivity index (χ4v) is 3.57. The molecule has 3 aromatic rings. The molecule has 3 rings (SSSR count). The standard InChI is InChI=1S/C21H23N3S/c1-5-22-21-24(23-13-19-11-8-16(3)12-17(19)4)20(14-25-21)18-9-6-15(2)7-10-18/h6-14H,5H2,1-4H3/b22-21?,23-13+. The van der Waals surface area contributed by atoms with Gasteiger partial charge in [0.1, 0.15) is 0 Å². The highest BCUT2D eigenvalue weighted by Crippen LogP contribution is 2.20. The van der Waals surface area contributed by atoms with E-state index in [4.69, 9.17) is 5.10 Å². The molecule has 0 fully saturated rings. The van der Waals surface area contributed by atoms with E-state index in [2.05, 4.69) is 73.6 Å². The zero-order valence-corrected chi connectivity index (χ0v) is 16.0. The zero-order valence-electron chi connectivity index (χ0n) is 15.2. The first kappa shape index (κ1) is 17.4. The Morgan fingerprint density at radius 2 is 1.72 bits per heavy atom. The number of aromatic nitrogens is 1. The first-order valence-corrected chi connectivity index (χ1v) is 9.36. The van der Waals surface area contributed by atoms with E-state index in [0.29, 0.717) is 0 Å². The molecule has 0 aliphatic carbocycles. The summed E-state index contributed by atoms with van der Waals surface area (Å²) >= 11 is 1.62. The Hall–Kier alpha value is -2.46. The molecule has 1 heterocycles. The molecular formula is C21H23N3S. The van der Waals surface area contributed by atoms with E-state index in [1.807, 2.05) is 17.8 Å². The van der Waals surface area contributed by atoms with Crippen LogP contribution in [0, 0.1) is 20.8 Å². The second-order valence-electron chi connectivity index (χ2n) is 6.16. The Morgan fingerprint density at radius 3 is 2.40 bits per heavy atom. The maximum Gasteiger partial charge on any atom is 0.206 e. The molecule has 0 radical (unpaired) electrons. The fraction of sp³-hybridized carbons (Fsp3) is 0.238. The van der Waals surface area contributed by atoms with Gasteiger partial charge >= 0.3 is 0 Å². The van der Waals surface area contributed by atoms with Crippen LogP contribution in [-0.2, 0) is 0 Å². The van der Waals surface area contributed by atoms with Crippen molar-refractivity contribution in [1.82, 2.24) is 4.68 Å². The van der Waals surface area contributed by atoms with Crippen LogP contribution in [0.25, 0.3) is 11.3 Å². The minimum atomic E-state index is 0.743. The SMILES string of the molecule is CCN=c1scc(-c2ccc(C)cc2)n1/N=C/c1ccc(C)cc1C. The molecule has 1 aromatic heterocycles. The smallest absolute Gasteiger partial charge is 0.206 e. The average Bonchev–Trinajstić information content (AvgIpc) is 2.98. The molecule has 0 amide bonds. The topological polar surface area (TPSA) is 29.6 Å². The summed E-state index contributed by atoms with van der Waals surface area (Å²) in [4.78, 5) is 5.50. The summed E-state index contributed by atoms with van der Waals surface area (Å²) in [6.45, 7) is 9.11. The number of thiazole rings is 1. The molecule has 128 valence electrons. The van der Waals surface area contributed by atoms with Gasteiger partial charge in [0.15, 0.2) is 0 Å². The van der Waals surface area contributed by atoms with E-state index in [-0.39, 0.29) is 0 Å². The van der Waals surface area contributed by atoms with Crippen LogP contribution in [0.15, 0.2) is 57.9 Å². The van der Waals surface area contributed by atoms with Crippen molar-refractivity contribution in [2.24, 2.45) is 10.1 Å². The molecule has 0 aliphatic heterocycles. The largest absolute Gasteiger partial charge is 0.258 e. The van der Waals surface area contributed by atoms with Gasteiger partial charge < -0.3 is 0 Å². The van der Waals surface area contributed by atoms with Crippen molar-refractivity contribution in [2.75, 3.05) is 6.54 Å². The molecule has 0 saturated heterocycles. The van der Waals surface area contributed by atoms with Gasteiger partial charge in [0.2, 0.25) is 4.80 Å². The number of hydrogen-bond donors (Lipinski definition) is 0. The number of nitrogens with zero attached hydrogens (tertiary/aromatic N) is 3. The Kier molecular flexibility index (Phi) is 5.29. The van der Waals surface area contributed by atoms with Gasteiger partial charge in [0.05, 0.1) is 11.9 Å². The van der Waals surface area contributed by atoms with Gasteiger partial charge in [-0.05, 0) is 38.8 Å². The summed E-state index contributed by atoms with van der Waals surface area (Å²) in [7, 11) is 0. The molecule has 0 spiro atoms. The number of aryl methyl sites for hydroxylation is 3. The van der Waals surface area contributed by atoms with Gasteiger partial charge in [-0.15, -0.1) is 11.3 Å². The summed E-state index contributed by atoms with van der Waals surface area (Å²) < 4.78 is 1.94. The quantitative estimate of drug-likeness (QED) is 0.597. The molecule has 3 nitrogen and oxygen atoms in total. The predicted molar refractivity (Wildman–Crippen MR) is 107 cm³/mol. The van der Waals surface area contributed by atoms with Crippen molar-refractivity contribution in [3.63, 3.8) is 0 Å². The summed E-state index contributed by atoms with van der Waals surface area (Å²) in [5, 5.41) is 6.88. The lowest BCUT2D eigenvalue weighted by Gasteiger charge is -2.05. The van der Waals surface area contributed by atoms with Crippen molar-refractivity contribution in [3.8, 4) is 11.3 Å². The van der Waals surface area contributed by atoms with Crippen molar-refractivity contribution in [3.05, 3.63) is 74.9 Å². The highest BCUT2D eigenvalue weighted by atomic mass is 32.1. The van der Waals surface area contributed by atoms with Gasteiger partial charge in [0, 0.05) is 17.5 Å². The van der Waals surface area contributed by atoms with E-state index in [0.717, 1.165) is 28.2 Å². The fourth-order valence-electron chi connectivity index (χ4n) is 2.67. The Labute approximate surface area is 153 Å². The van der Waals surface area contributed by atoms with Crippen LogP contribution in [0.3, 0.4) is 0 Å². The van der Waals surface area contributed by atoms with E-state index in [1.165, 1.54) is 16.7 Å². The summed E-state index contributed by atoms with van der Waals surface area (Å²) in [6, 6.07) is 14.9. The third-order valence-electron chi connectivity index (χ3n) is 4.06. The van der Waals surface area contributed by atoms with E-state index < -0.39 is 0 Å². The van der Waals surface area contributed by atoms with Gasteiger partial charge in [-0.3, -0.25) is 4.99 Å². The van der Waals surface area contributed by atoms with Crippen LogP contribution < -0.4 is 4.80 Å². The van der Waals surface area contributed by atoms with Gasteiger partial charge in [-0.1, -0.05) is 53.6 Å². The normalized spacial score (nSPS) is 12.2. The second-order valence-corrected chi connectivity index (χ2v) is 7.00. The molecule has 2 aromatic carbocycles. The van der Waals surface area contributed by atoms with Crippen molar-refractivity contribution >= 4 is 17.6 Å². The van der Waals surface area contributed by atoms with Crippen molar-refractivity contribution in [2.45, 2.75) is 27.7 Å². The molecule has 0 bridgehead atoms. The zero-order chi connectivity index (χ0) is 17.8. The molecule has 0 N–H and O–H groups in total. The average molecular weight is 350 g/mol. The van der Waals surface area contributed by atoms with Crippen molar-refractivity contribution in [1.29, 1.82) is 0 Å². The van der Waals surface area contributed by atoms with Gasteiger partial charge in [-0.2, -0.15) is 5.10 Å². The van der Waals surface area contributed by atoms with Crippen LogP contribution in [0.4, 0.5) is 0 Å². The van der Waals surface area contributed by atoms with Gasteiger partial charge in [0.25, 0.3) is 0 Å². The first-order valence-electron chi connectivity index (χ1n) is 8.48. The number of benzene rings is 2. The summed E-state index contributed by atoms with van der Waals surface area (Å²) in [6.07, 6.45) is 1.92. The molecule has 0 saturated carbocycles. The molecule has 0 unspecified atom stereocenters. The van der Waals surface area contributed by atoms with E-state index in [1.54, 1.807) is 11.3 Å². The van der Waals surface area contributed by atoms with Crippen molar-refractivity contribution < 1.29 is 0 Å². The molecule has 0 aliphatic rings. The van der Waals surface area contributed by atoms with Crippen LogP contribution in [0.5, 0.6) is 0 Å². The first-order chi connectivity index (χ1) is 12.1. The van der Waals surface area contributed by atoms with Gasteiger partial charge in [-0.25, -0.2) is 4.68 Å². The Morgan fingerprint density at radius 1 is 1.00 bits per heavy atom. The maximum absolute atomic E-state index is 4.75. The lowest BCUT2D eigenvalue weighted by Crippen LogP contribution is -2.12. The molecular weight excluding hydrogens is 326 g/mol. The summed E-state index contributed by atoms with van der Waals surface area (Å²) in [5.41, 5.74) is 7.09. The highest BCUT2D eigenvalue weighted by molar-refractivity contribution is 7.07. The van der Waals surface area contributed by atoms with E-state index >= 15 is 0 Å². The monoisotopic (exact) mass is 349 g/mol. The molecule has 4 heteroatoms. The molecule has 0 atom stereocenters.